The van der Waals surface area contributed by atoms with Crippen molar-refractivity contribution >= 4 is 11.9 Å². The summed E-state index contributed by atoms with van der Waals surface area (Å²) >= 11 is 0. The fraction of sp³-hybridized carbons (Fsp3) is 0.391. The molecule has 1 amide bonds. The highest BCUT2D eigenvalue weighted by Gasteiger charge is 2.38. The average Bonchev–Trinajstić information content (AvgIpc) is 2.83. The van der Waals surface area contributed by atoms with Crippen LogP contribution in [-0.4, -0.2) is 67.1 Å². The zero-order valence-corrected chi connectivity index (χ0v) is 19.3. The van der Waals surface area contributed by atoms with Crippen LogP contribution in [0.2, 0.25) is 0 Å². The lowest BCUT2D eigenvalue weighted by Crippen LogP contribution is -2.58. The lowest BCUT2D eigenvalue weighted by Gasteiger charge is -2.42. The predicted octanol–water partition coefficient (Wildman–Crippen LogP) is 3.39. The lowest BCUT2D eigenvalue weighted by molar-refractivity contribution is -0.138. The molecule has 1 fully saturated rings. The first-order valence-corrected chi connectivity index (χ1v) is 11.0. The molecule has 3 aromatic heterocycles. The second-order valence-corrected chi connectivity index (χ2v) is 8.27. The van der Waals surface area contributed by atoms with Gasteiger partial charge in [-0.25, -0.2) is 24.9 Å². The Labute approximate surface area is 199 Å². The van der Waals surface area contributed by atoms with Crippen molar-refractivity contribution in [2.75, 3.05) is 18.4 Å². The van der Waals surface area contributed by atoms with Crippen LogP contribution >= 0.6 is 0 Å². The van der Waals surface area contributed by atoms with E-state index in [4.69, 9.17) is 4.74 Å². The molecular weight excluding hydrogens is 463 g/mol. The van der Waals surface area contributed by atoms with Gasteiger partial charge in [-0.1, -0.05) is 0 Å². The Balaban J connectivity index is 1.60. The summed E-state index contributed by atoms with van der Waals surface area (Å²) in [6, 6.07) is 4.77. The van der Waals surface area contributed by atoms with E-state index in [1.54, 1.807) is 42.4 Å². The van der Waals surface area contributed by atoms with E-state index in [9.17, 15) is 18.0 Å². The van der Waals surface area contributed by atoms with Crippen LogP contribution < -0.4 is 5.32 Å². The molecule has 0 aliphatic carbocycles. The second-order valence-electron chi connectivity index (χ2n) is 8.27. The Hall–Kier alpha value is -3.67. The molecule has 4 heterocycles. The van der Waals surface area contributed by atoms with Crippen LogP contribution in [0.1, 0.15) is 35.6 Å². The molecule has 4 rings (SSSR count). The standard InChI is InChI=1S/C23H24F3N7O2/c1-13-5-6-17(20-27-7-4-8-28-20)19(32-13)21(34)33-12-14(2)35-15(3)18(33)11-31-22-29-9-16(10-30-22)23(24,25)26/h4-10,14-15,18H,11-12H2,1-3H3,(H,29,30,31)/t14-,15+,18-/m1/s1. The van der Waals surface area contributed by atoms with Crippen LogP contribution in [0.25, 0.3) is 11.4 Å². The Kier molecular flexibility index (Phi) is 6.92. The van der Waals surface area contributed by atoms with Gasteiger partial charge in [0.2, 0.25) is 5.95 Å². The van der Waals surface area contributed by atoms with Crippen molar-refractivity contribution < 1.29 is 22.7 Å². The maximum absolute atomic E-state index is 13.8. The van der Waals surface area contributed by atoms with Gasteiger partial charge in [-0.05, 0) is 39.0 Å². The third-order valence-corrected chi connectivity index (χ3v) is 5.60. The number of pyridine rings is 1. The zero-order chi connectivity index (χ0) is 25.2. The van der Waals surface area contributed by atoms with Crippen LogP contribution in [0.5, 0.6) is 0 Å². The fourth-order valence-electron chi connectivity index (χ4n) is 3.91. The van der Waals surface area contributed by atoms with E-state index in [-0.39, 0.29) is 36.3 Å². The van der Waals surface area contributed by atoms with Gasteiger partial charge < -0.3 is 15.0 Å². The van der Waals surface area contributed by atoms with Gasteiger partial charge in [0.1, 0.15) is 5.69 Å². The van der Waals surface area contributed by atoms with Crippen LogP contribution in [0, 0.1) is 6.92 Å². The maximum Gasteiger partial charge on any atom is 0.419 e. The molecular formula is C23H24F3N7O2. The van der Waals surface area contributed by atoms with E-state index in [1.807, 2.05) is 13.8 Å². The monoisotopic (exact) mass is 487 g/mol. The number of nitrogens with one attached hydrogen (secondary N) is 1. The summed E-state index contributed by atoms with van der Waals surface area (Å²) in [4.78, 5) is 36.0. The van der Waals surface area contributed by atoms with E-state index in [0.29, 0.717) is 36.0 Å². The molecule has 3 atom stereocenters. The molecule has 0 spiro atoms. The first-order chi connectivity index (χ1) is 16.6. The number of carbonyl (C=O) groups is 1. The van der Waals surface area contributed by atoms with Crippen molar-refractivity contribution in [3.63, 3.8) is 0 Å². The molecule has 0 saturated carbocycles. The number of aromatic nitrogens is 5. The van der Waals surface area contributed by atoms with Crippen molar-refractivity contribution in [1.29, 1.82) is 0 Å². The predicted molar refractivity (Wildman–Crippen MR) is 120 cm³/mol. The minimum Gasteiger partial charge on any atom is -0.372 e. The van der Waals surface area contributed by atoms with Gasteiger partial charge in [0.15, 0.2) is 5.82 Å². The van der Waals surface area contributed by atoms with E-state index < -0.39 is 17.8 Å². The Morgan fingerprint density at radius 2 is 1.83 bits per heavy atom. The molecule has 1 N–H and O–H groups in total. The number of anilines is 1. The number of ether oxygens (including phenoxy) is 1. The third-order valence-electron chi connectivity index (χ3n) is 5.60. The molecule has 12 heteroatoms. The first-order valence-electron chi connectivity index (χ1n) is 11.0. The molecule has 1 saturated heterocycles. The molecule has 0 unspecified atom stereocenters. The summed E-state index contributed by atoms with van der Waals surface area (Å²) in [5, 5.41) is 2.92. The van der Waals surface area contributed by atoms with Crippen molar-refractivity contribution in [2.24, 2.45) is 0 Å². The number of rotatable bonds is 5. The molecule has 35 heavy (non-hydrogen) atoms. The van der Waals surface area contributed by atoms with Gasteiger partial charge in [-0.3, -0.25) is 4.79 Å². The minimum atomic E-state index is -4.52. The number of aryl methyl sites for hydroxylation is 1. The number of halogens is 3. The average molecular weight is 487 g/mol. The normalized spacial score (nSPS) is 20.5. The summed E-state index contributed by atoms with van der Waals surface area (Å²) in [5.41, 5.74) is 0.443. The van der Waals surface area contributed by atoms with Gasteiger partial charge in [-0.2, -0.15) is 13.2 Å². The van der Waals surface area contributed by atoms with Crippen molar-refractivity contribution in [3.05, 3.63) is 59.9 Å². The van der Waals surface area contributed by atoms with Crippen LogP contribution in [0.15, 0.2) is 43.0 Å². The lowest BCUT2D eigenvalue weighted by atomic mass is 10.0. The maximum atomic E-state index is 13.8. The SMILES string of the molecule is Cc1ccc(-c2ncccn2)c(C(=O)N2C[C@@H](C)O[C@@H](C)[C@H]2CNc2ncc(C(F)(F)F)cn2)n1. The molecule has 0 radical (unpaired) electrons. The summed E-state index contributed by atoms with van der Waals surface area (Å²) in [6.07, 6.45) is -0.518. The topological polar surface area (TPSA) is 106 Å². The van der Waals surface area contributed by atoms with Gasteiger partial charge in [0.05, 0.1) is 29.4 Å². The summed E-state index contributed by atoms with van der Waals surface area (Å²) < 4.78 is 44.3. The third kappa shape index (κ3) is 5.53. The smallest absolute Gasteiger partial charge is 0.372 e. The summed E-state index contributed by atoms with van der Waals surface area (Å²) in [7, 11) is 0. The van der Waals surface area contributed by atoms with Gasteiger partial charge in [0.25, 0.3) is 5.91 Å². The molecule has 184 valence electrons. The van der Waals surface area contributed by atoms with Crippen molar-refractivity contribution in [1.82, 2.24) is 29.8 Å². The number of alkyl halides is 3. The molecule has 1 aliphatic heterocycles. The largest absolute Gasteiger partial charge is 0.419 e. The number of carbonyl (C=O) groups excluding carboxylic acids is 1. The summed E-state index contributed by atoms with van der Waals surface area (Å²) in [5.74, 6) is 0.0760. The van der Waals surface area contributed by atoms with Crippen LogP contribution in [0.3, 0.4) is 0 Å². The highest BCUT2D eigenvalue weighted by Crippen LogP contribution is 2.28. The van der Waals surface area contributed by atoms with Crippen molar-refractivity contribution in [3.8, 4) is 11.4 Å². The van der Waals surface area contributed by atoms with Crippen molar-refractivity contribution in [2.45, 2.75) is 45.2 Å². The number of hydrogen-bond donors (Lipinski definition) is 1. The quantitative estimate of drug-likeness (QED) is 0.584. The Morgan fingerprint density at radius 3 is 2.49 bits per heavy atom. The molecule has 9 nitrogen and oxygen atoms in total. The number of hydrogen-bond acceptors (Lipinski definition) is 8. The number of nitrogens with zero attached hydrogens (tertiary/aromatic N) is 6. The molecule has 1 aliphatic rings. The summed E-state index contributed by atoms with van der Waals surface area (Å²) in [6.45, 7) is 5.95. The highest BCUT2D eigenvalue weighted by molar-refractivity contribution is 5.98. The van der Waals surface area contributed by atoms with E-state index >= 15 is 0 Å². The fourth-order valence-corrected chi connectivity index (χ4v) is 3.91. The highest BCUT2D eigenvalue weighted by atomic mass is 19.4. The molecule has 0 bridgehead atoms. The van der Waals surface area contributed by atoms with E-state index in [2.05, 4.69) is 30.2 Å². The van der Waals surface area contributed by atoms with Gasteiger partial charge >= 0.3 is 6.18 Å². The molecule has 0 aromatic carbocycles. The minimum absolute atomic E-state index is 0.0169. The number of amides is 1. The van der Waals surface area contributed by atoms with Gasteiger partial charge in [-0.15, -0.1) is 0 Å². The molecule has 3 aromatic rings. The zero-order valence-electron chi connectivity index (χ0n) is 19.3. The Bertz CT molecular complexity index is 1180. The van der Waals surface area contributed by atoms with Crippen LogP contribution in [-0.2, 0) is 10.9 Å². The number of morpholine rings is 1. The van der Waals surface area contributed by atoms with E-state index in [1.165, 1.54) is 0 Å². The van der Waals surface area contributed by atoms with Gasteiger partial charge in [0, 0.05) is 43.6 Å². The second kappa shape index (κ2) is 9.90. The van der Waals surface area contributed by atoms with Crippen LogP contribution in [0.4, 0.5) is 19.1 Å². The van der Waals surface area contributed by atoms with E-state index in [0.717, 1.165) is 0 Å². The Morgan fingerprint density at radius 1 is 1.14 bits per heavy atom. The first kappa shape index (κ1) is 24.5.